The number of carbonyl (C=O) groups is 1. The van der Waals surface area contributed by atoms with Crippen LogP contribution in [0.25, 0.3) is 22.2 Å². The lowest BCUT2D eigenvalue weighted by Crippen LogP contribution is -2.21. The number of anilines is 2. The number of carbonyl (C=O) groups excluding carboxylic acids is 1. The number of nitrogens with two attached hydrogens (primary N) is 1. The average Bonchev–Trinajstić information content (AvgIpc) is 3.56. The van der Waals surface area contributed by atoms with Crippen molar-refractivity contribution in [3.8, 4) is 23.0 Å². The Labute approximate surface area is 209 Å². The predicted octanol–water partition coefficient (Wildman–Crippen LogP) is 5.88. The van der Waals surface area contributed by atoms with E-state index in [1.165, 1.54) is 12.7 Å². The molecule has 36 heavy (non-hydrogen) atoms. The van der Waals surface area contributed by atoms with Crippen LogP contribution in [0.15, 0.2) is 48.8 Å². The van der Waals surface area contributed by atoms with Gasteiger partial charge in [0.05, 0.1) is 16.9 Å². The molecule has 0 bridgehead atoms. The van der Waals surface area contributed by atoms with Crippen LogP contribution in [0.4, 0.5) is 16.2 Å². The number of fused-ring (bicyclic) bond motifs is 1. The molecular formula is C27H30N6O3. The number of benzene rings is 2. The lowest BCUT2D eigenvalue weighted by Gasteiger charge is -2.30. The van der Waals surface area contributed by atoms with Crippen molar-refractivity contribution in [2.24, 2.45) is 13.0 Å². The van der Waals surface area contributed by atoms with Gasteiger partial charge >= 0.3 is 12.1 Å². The molecule has 2 saturated carbocycles. The third-order valence-corrected chi connectivity index (χ3v) is 7.32. The molecule has 9 nitrogen and oxygen atoms in total. The van der Waals surface area contributed by atoms with E-state index >= 15 is 0 Å². The first-order valence-electron chi connectivity index (χ1n) is 12.5. The SMILES string of the molecule is CC(OC(=O)Nc1ccc(-c2c(N)c3ccc(Oc4ncnn4C)cc3n2C2CCC2)cc1)C1CC1. The maximum atomic E-state index is 12.3. The number of aromatic nitrogens is 4. The van der Waals surface area contributed by atoms with Crippen LogP contribution < -0.4 is 15.8 Å². The summed E-state index contributed by atoms with van der Waals surface area (Å²) >= 11 is 0. The fourth-order valence-electron chi connectivity index (χ4n) is 4.87. The quantitative estimate of drug-likeness (QED) is 0.337. The molecule has 2 aliphatic carbocycles. The Bertz CT molecular complexity index is 1420. The lowest BCUT2D eigenvalue weighted by atomic mass is 9.92. The van der Waals surface area contributed by atoms with Crippen LogP contribution in [0.1, 0.15) is 45.1 Å². The molecule has 1 atom stereocenters. The van der Waals surface area contributed by atoms with Crippen molar-refractivity contribution in [3.63, 3.8) is 0 Å². The number of rotatable bonds is 7. The van der Waals surface area contributed by atoms with Crippen molar-refractivity contribution in [3.05, 3.63) is 48.8 Å². The third-order valence-electron chi connectivity index (χ3n) is 7.32. The summed E-state index contributed by atoms with van der Waals surface area (Å²) in [6.07, 6.45) is 6.67. The molecule has 0 aliphatic heterocycles. The molecule has 2 aromatic carbocycles. The zero-order valence-electron chi connectivity index (χ0n) is 20.5. The zero-order valence-corrected chi connectivity index (χ0v) is 20.5. The number of nitrogen functional groups attached to an aromatic ring is 1. The highest BCUT2D eigenvalue weighted by molar-refractivity contribution is 6.01. The Morgan fingerprint density at radius 1 is 1.14 bits per heavy atom. The highest BCUT2D eigenvalue weighted by Gasteiger charge is 2.31. The number of nitrogens with zero attached hydrogens (tertiary/aromatic N) is 4. The summed E-state index contributed by atoms with van der Waals surface area (Å²) in [5.41, 5.74) is 11.2. The molecular weight excluding hydrogens is 456 g/mol. The molecule has 1 amide bonds. The van der Waals surface area contributed by atoms with Crippen molar-refractivity contribution in [2.75, 3.05) is 11.1 Å². The van der Waals surface area contributed by atoms with Crippen LogP contribution >= 0.6 is 0 Å². The minimum Gasteiger partial charge on any atom is -0.446 e. The van der Waals surface area contributed by atoms with E-state index in [0.29, 0.717) is 29.4 Å². The summed E-state index contributed by atoms with van der Waals surface area (Å²) in [6, 6.07) is 14.5. The van der Waals surface area contributed by atoms with Gasteiger partial charge < -0.3 is 19.8 Å². The van der Waals surface area contributed by atoms with Crippen LogP contribution in [-0.2, 0) is 11.8 Å². The molecule has 2 aromatic heterocycles. The summed E-state index contributed by atoms with van der Waals surface area (Å²) in [6.45, 7) is 1.95. The number of ether oxygens (including phenoxy) is 2. The summed E-state index contributed by atoms with van der Waals surface area (Å²) < 4.78 is 15.4. The molecule has 4 aromatic rings. The number of hydrogen-bond acceptors (Lipinski definition) is 6. The van der Waals surface area contributed by atoms with Crippen LogP contribution in [0.3, 0.4) is 0 Å². The number of hydrogen-bond donors (Lipinski definition) is 2. The first kappa shape index (κ1) is 22.5. The average molecular weight is 487 g/mol. The monoisotopic (exact) mass is 486 g/mol. The second-order valence-corrected chi connectivity index (χ2v) is 9.81. The van der Waals surface area contributed by atoms with E-state index in [2.05, 4.69) is 20.0 Å². The topological polar surface area (TPSA) is 109 Å². The van der Waals surface area contributed by atoms with Gasteiger partial charge in [-0.05, 0) is 69.2 Å². The molecule has 9 heteroatoms. The summed E-state index contributed by atoms with van der Waals surface area (Å²) in [7, 11) is 1.79. The molecule has 1 unspecified atom stereocenters. The summed E-state index contributed by atoms with van der Waals surface area (Å²) in [4.78, 5) is 16.4. The van der Waals surface area contributed by atoms with Crippen molar-refractivity contribution in [1.82, 2.24) is 19.3 Å². The number of aryl methyl sites for hydroxylation is 1. The van der Waals surface area contributed by atoms with Gasteiger partial charge in [-0.3, -0.25) is 5.32 Å². The minimum atomic E-state index is -0.416. The van der Waals surface area contributed by atoms with Crippen LogP contribution in [0.5, 0.6) is 11.8 Å². The van der Waals surface area contributed by atoms with Crippen molar-refractivity contribution in [1.29, 1.82) is 0 Å². The maximum Gasteiger partial charge on any atom is 0.411 e. The van der Waals surface area contributed by atoms with Gasteiger partial charge in [0.15, 0.2) is 0 Å². The van der Waals surface area contributed by atoms with Gasteiger partial charge in [0.25, 0.3) is 0 Å². The van der Waals surface area contributed by atoms with E-state index in [9.17, 15) is 4.79 Å². The van der Waals surface area contributed by atoms with Gasteiger partial charge in [-0.25, -0.2) is 9.48 Å². The van der Waals surface area contributed by atoms with Crippen molar-refractivity contribution < 1.29 is 14.3 Å². The van der Waals surface area contributed by atoms with Gasteiger partial charge in [0.1, 0.15) is 18.2 Å². The van der Waals surface area contributed by atoms with Crippen LogP contribution in [-0.4, -0.2) is 31.5 Å². The normalized spacial score (nSPS) is 16.5. The largest absolute Gasteiger partial charge is 0.446 e. The second kappa shape index (κ2) is 8.89. The predicted molar refractivity (Wildman–Crippen MR) is 138 cm³/mol. The minimum absolute atomic E-state index is 0.0511. The van der Waals surface area contributed by atoms with E-state index in [1.807, 2.05) is 49.4 Å². The number of nitrogens with one attached hydrogen (secondary N) is 1. The second-order valence-electron chi connectivity index (χ2n) is 9.81. The Morgan fingerprint density at radius 2 is 1.92 bits per heavy atom. The molecule has 186 valence electrons. The summed E-state index contributed by atoms with van der Waals surface area (Å²) in [5.74, 6) is 1.18. The third kappa shape index (κ3) is 4.14. The molecule has 2 heterocycles. The molecule has 0 saturated heterocycles. The summed E-state index contributed by atoms with van der Waals surface area (Å²) in [5, 5.41) is 7.90. The lowest BCUT2D eigenvalue weighted by molar-refractivity contribution is 0.108. The van der Waals surface area contributed by atoms with E-state index < -0.39 is 6.09 Å². The molecule has 2 fully saturated rings. The van der Waals surface area contributed by atoms with Gasteiger partial charge in [-0.2, -0.15) is 10.1 Å². The van der Waals surface area contributed by atoms with Crippen LogP contribution in [0, 0.1) is 5.92 Å². The van der Waals surface area contributed by atoms with Gasteiger partial charge in [-0.15, -0.1) is 0 Å². The van der Waals surface area contributed by atoms with E-state index in [4.69, 9.17) is 15.2 Å². The Hall–Kier alpha value is -4.01. The van der Waals surface area contributed by atoms with Gasteiger partial charge in [0, 0.05) is 35.8 Å². The fraction of sp³-hybridized carbons (Fsp3) is 0.370. The smallest absolute Gasteiger partial charge is 0.411 e. The molecule has 2 aliphatic rings. The molecule has 0 spiro atoms. The maximum absolute atomic E-state index is 12.3. The Kier molecular flexibility index (Phi) is 5.55. The van der Waals surface area contributed by atoms with Gasteiger partial charge in [-0.1, -0.05) is 12.1 Å². The van der Waals surface area contributed by atoms with Gasteiger partial charge in [0.2, 0.25) is 0 Å². The highest BCUT2D eigenvalue weighted by atomic mass is 16.6. The van der Waals surface area contributed by atoms with E-state index in [0.717, 1.165) is 53.5 Å². The molecule has 6 rings (SSSR count). The highest BCUT2D eigenvalue weighted by Crippen LogP contribution is 2.45. The van der Waals surface area contributed by atoms with Crippen molar-refractivity contribution in [2.45, 2.75) is 51.2 Å². The standard InChI is InChI=1S/C27H30N6O3/c1-16(17-6-7-17)35-27(34)31-19-10-8-18(9-11-19)25-24(28)22-13-12-21(36-26-29-15-30-32(26)2)14-23(22)33(25)20-4-3-5-20/h8-17,20H,3-7,28H2,1-2H3,(H,31,34). The first-order valence-corrected chi connectivity index (χ1v) is 12.5. The van der Waals surface area contributed by atoms with Crippen molar-refractivity contribution >= 4 is 28.4 Å². The first-order chi connectivity index (χ1) is 17.5. The Balaban J connectivity index is 1.31. The Morgan fingerprint density at radius 3 is 2.56 bits per heavy atom. The number of amides is 1. The molecule has 0 radical (unpaired) electrons. The van der Waals surface area contributed by atoms with Crippen LogP contribution in [0.2, 0.25) is 0 Å². The van der Waals surface area contributed by atoms with E-state index in [1.54, 1.807) is 11.7 Å². The fourth-order valence-corrected chi connectivity index (χ4v) is 4.87. The molecule has 3 N–H and O–H groups in total. The zero-order chi connectivity index (χ0) is 24.8. The van der Waals surface area contributed by atoms with E-state index in [-0.39, 0.29) is 6.10 Å².